The molecular weight excluding hydrogens is 362 g/mol. The minimum absolute atomic E-state index is 0.0109. The maximum atomic E-state index is 11.9. The lowest BCUT2D eigenvalue weighted by atomic mass is 10.2. The summed E-state index contributed by atoms with van der Waals surface area (Å²) < 4.78 is 0. The van der Waals surface area contributed by atoms with Gasteiger partial charge in [0.1, 0.15) is 6.54 Å². The van der Waals surface area contributed by atoms with E-state index in [-0.39, 0.29) is 12.5 Å². The Balaban J connectivity index is 1.60. The monoisotopic (exact) mass is 391 g/mol. The standard InChI is InChI=1S/C20H30ClN5O/c1-25(2)19(27)13-22-20(23-16-5-3-4-6-16)24-17-11-12-26(14-17)18-9-7-15(21)8-10-18/h7-10,16-17H,3-6,11-14H2,1-2H3,(H2,22,23,24). The van der Waals surface area contributed by atoms with Crippen LogP contribution in [0.1, 0.15) is 32.1 Å². The molecule has 1 unspecified atom stereocenters. The Labute approximate surface area is 167 Å². The molecule has 1 aliphatic carbocycles. The highest BCUT2D eigenvalue weighted by Gasteiger charge is 2.25. The summed E-state index contributed by atoms with van der Waals surface area (Å²) in [6.45, 7) is 2.07. The first-order chi connectivity index (χ1) is 13.0. The number of carbonyl (C=O) groups excluding carboxylic acids is 1. The van der Waals surface area contributed by atoms with Crippen molar-refractivity contribution in [2.45, 2.75) is 44.2 Å². The van der Waals surface area contributed by atoms with E-state index in [0.717, 1.165) is 30.5 Å². The zero-order valence-electron chi connectivity index (χ0n) is 16.2. The lowest BCUT2D eigenvalue weighted by Crippen LogP contribution is -2.48. The van der Waals surface area contributed by atoms with E-state index in [4.69, 9.17) is 11.6 Å². The predicted molar refractivity (Wildman–Crippen MR) is 112 cm³/mol. The van der Waals surface area contributed by atoms with Crippen LogP contribution >= 0.6 is 11.6 Å². The van der Waals surface area contributed by atoms with Gasteiger partial charge in [-0.2, -0.15) is 0 Å². The summed E-state index contributed by atoms with van der Waals surface area (Å²) in [5.41, 5.74) is 1.19. The highest BCUT2D eigenvalue weighted by molar-refractivity contribution is 6.30. The molecule has 148 valence electrons. The zero-order chi connectivity index (χ0) is 19.2. The average molecular weight is 392 g/mol. The lowest BCUT2D eigenvalue weighted by Gasteiger charge is -2.22. The molecule has 1 amide bonds. The van der Waals surface area contributed by atoms with Crippen LogP contribution in [-0.2, 0) is 4.79 Å². The number of benzene rings is 1. The van der Waals surface area contributed by atoms with Crippen molar-refractivity contribution < 1.29 is 4.79 Å². The van der Waals surface area contributed by atoms with Crippen LogP contribution in [0.5, 0.6) is 0 Å². The Hall–Kier alpha value is -1.95. The van der Waals surface area contributed by atoms with Crippen LogP contribution < -0.4 is 15.5 Å². The van der Waals surface area contributed by atoms with Gasteiger partial charge in [0.2, 0.25) is 5.91 Å². The van der Waals surface area contributed by atoms with E-state index in [1.165, 1.54) is 31.4 Å². The van der Waals surface area contributed by atoms with E-state index in [9.17, 15) is 4.79 Å². The Morgan fingerprint density at radius 3 is 2.48 bits per heavy atom. The molecule has 1 aromatic carbocycles. The number of likely N-dealkylation sites (N-methyl/N-ethyl adjacent to an activating group) is 1. The quantitative estimate of drug-likeness (QED) is 0.598. The van der Waals surface area contributed by atoms with Crippen molar-refractivity contribution >= 4 is 29.2 Å². The minimum atomic E-state index is 0.0109. The van der Waals surface area contributed by atoms with Gasteiger partial charge in [-0.1, -0.05) is 24.4 Å². The number of hydrogen-bond acceptors (Lipinski definition) is 3. The van der Waals surface area contributed by atoms with Crippen molar-refractivity contribution in [1.29, 1.82) is 0 Å². The first kappa shape index (κ1) is 19.8. The average Bonchev–Trinajstić information content (AvgIpc) is 3.32. The maximum Gasteiger partial charge on any atom is 0.243 e. The first-order valence-corrected chi connectivity index (χ1v) is 10.2. The molecule has 2 fully saturated rings. The highest BCUT2D eigenvalue weighted by Crippen LogP contribution is 2.22. The number of aliphatic imine (C=N–C) groups is 1. The molecule has 27 heavy (non-hydrogen) atoms. The summed E-state index contributed by atoms with van der Waals surface area (Å²) >= 11 is 5.99. The van der Waals surface area contributed by atoms with Crippen molar-refractivity contribution in [1.82, 2.24) is 15.5 Å². The van der Waals surface area contributed by atoms with E-state index in [1.54, 1.807) is 19.0 Å². The van der Waals surface area contributed by atoms with Gasteiger partial charge in [0.25, 0.3) is 0 Å². The zero-order valence-corrected chi connectivity index (χ0v) is 17.0. The summed E-state index contributed by atoms with van der Waals surface area (Å²) in [6.07, 6.45) is 5.90. The van der Waals surface area contributed by atoms with Gasteiger partial charge >= 0.3 is 0 Å². The number of hydrogen-bond donors (Lipinski definition) is 2. The number of halogens is 1. The fourth-order valence-electron chi connectivity index (χ4n) is 3.64. The number of guanidine groups is 1. The van der Waals surface area contributed by atoms with Gasteiger partial charge in [-0.3, -0.25) is 4.79 Å². The maximum absolute atomic E-state index is 11.9. The first-order valence-electron chi connectivity index (χ1n) is 9.79. The summed E-state index contributed by atoms with van der Waals surface area (Å²) in [5, 5.41) is 7.84. The Bertz CT molecular complexity index is 655. The van der Waals surface area contributed by atoms with Crippen LogP contribution in [0.25, 0.3) is 0 Å². The third kappa shape index (κ3) is 5.76. The fraction of sp³-hybridized carbons (Fsp3) is 0.600. The fourth-order valence-corrected chi connectivity index (χ4v) is 3.77. The number of rotatable bonds is 5. The smallest absolute Gasteiger partial charge is 0.243 e. The van der Waals surface area contributed by atoms with Crippen molar-refractivity contribution in [3.63, 3.8) is 0 Å². The largest absolute Gasteiger partial charge is 0.369 e. The SMILES string of the molecule is CN(C)C(=O)CN=C(NC1CCCC1)NC1CCN(c2ccc(Cl)cc2)C1. The second kappa shape index (κ2) is 9.31. The molecule has 2 aliphatic rings. The van der Waals surface area contributed by atoms with Crippen LogP contribution in [0, 0.1) is 0 Å². The molecule has 1 aliphatic heterocycles. The van der Waals surface area contributed by atoms with E-state index < -0.39 is 0 Å². The molecule has 2 N–H and O–H groups in total. The molecular formula is C20H30ClN5O. The number of nitrogens with zero attached hydrogens (tertiary/aromatic N) is 3. The Kier molecular flexibility index (Phi) is 6.83. The highest BCUT2D eigenvalue weighted by atomic mass is 35.5. The van der Waals surface area contributed by atoms with Crippen LogP contribution in [0.15, 0.2) is 29.3 Å². The third-order valence-corrected chi connectivity index (χ3v) is 5.54. The molecule has 0 spiro atoms. The van der Waals surface area contributed by atoms with Crippen molar-refractivity contribution in [3.8, 4) is 0 Å². The van der Waals surface area contributed by atoms with Gasteiger partial charge in [-0.25, -0.2) is 4.99 Å². The normalized spacial score (nSPS) is 20.8. The second-order valence-corrected chi connectivity index (χ2v) is 8.07. The van der Waals surface area contributed by atoms with E-state index in [0.29, 0.717) is 12.1 Å². The van der Waals surface area contributed by atoms with Crippen LogP contribution in [0.2, 0.25) is 5.02 Å². The predicted octanol–water partition coefficient (Wildman–Crippen LogP) is 2.48. The molecule has 1 saturated carbocycles. The summed E-state index contributed by atoms with van der Waals surface area (Å²) in [4.78, 5) is 20.4. The molecule has 6 nitrogen and oxygen atoms in total. The van der Waals surface area contributed by atoms with Crippen molar-refractivity contribution in [2.24, 2.45) is 4.99 Å². The van der Waals surface area contributed by atoms with Gasteiger partial charge in [-0.05, 0) is 43.5 Å². The molecule has 1 atom stereocenters. The Morgan fingerprint density at radius 2 is 1.81 bits per heavy atom. The Morgan fingerprint density at radius 1 is 1.15 bits per heavy atom. The second-order valence-electron chi connectivity index (χ2n) is 7.63. The molecule has 1 aromatic rings. The molecule has 0 radical (unpaired) electrons. The number of carbonyl (C=O) groups is 1. The minimum Gasteiger partial charge on any atom is -0.369 e. The number of nitrogens with one attached hydrogen (secondary N) is 2. The molecule has 1 heterocycles. The van der Waals surface area contributed by atoms with Crippen molar-refractivity contribution in [3.05, 3.63) is 29.3 Å². The molecule has 0 aromatic heterocycles. The van der Waals surface area contributed by atoms with Crippen LogP contribution in [0.4, 0.5) is 5.69 Å². The summed E-state index contributed by atoms with van der Waals surface area (Å²) in [5.74, 6) is 0.775. The summed E-state index contributed by atoms with van der Waals surface area (Å²) in [6, 6.07) is 8.75. The van der Waals surface area contributed by atoms with E-state index >= 15 is 0 Å². The van der Waals surface area contributed by atoms with Gasteiger partial charge in [0.15, 0.2) is 5.96 Å². The topological polar surface area (TPSA) is 60.0 Å². The third-order valence-electron chi connectivity index (χ3n) is 5.29. The van der Waals surface area contributed by atoms with Crippen LogP contribution in [-0.4, -0.2) is 62.6 Å². The lowest BCUT2D eigenvalue weighted by molar-refractivity contribution is -0.127. The van der Waals surface area contributed by atoms with E-state index in [1.807, 2.05) is 12.1 Å². The van der Waals surface area contributed by atoms with Crippen molar-refractivity contribution in [2.75, 3.05) is 38.6 Å². The van der Waals surface area contributed by atoms with Gasteiger partial charge < -0.3 is 20.4 Å². The molecule has 0 bridgehead atoms. The van der Waals surface area contributed by atoms with Gasteiger partial charge in [-0.15, -0.1) is 0 Å². The number of anilines is 1. The van der Waals surface area contributed by atoms with E-state index in [2.05, 4.69) is 32.7 Å². The molecule has 3 rings (SSSR count). The number of amides is 1. The van der Waals surface area contributed by atoms with Crippen LogP contribution in [0.3, 0.4) is 0 Å². The molecule has 7 heteroatoms. The molecule has 1 saturated heterocycles. The van der Waals surface area contributed by atoms with Gasteiger partial charge in [0, 0.05) is 50.0 Å². The summed E-state index contributed by atoms with van der Waals surface area (Å²) in [7, 11) is 3.52. The van der Waals surface area contributed by atoms with Gasteiger partial charge in [0.05, 0.1) is 0 Å².